The van der Waals surface area contributed by atoms with Crippen LogP contribution in [-0.2, 0) is 0 Å². The summed E-state index contributed by atoms with van der Waals surface area (Å²) in [7, 11) is 2.08. The predicted molar refractivity (Wildman–Crippen MR) is 77.4 cm³/mol. The summed E-state index contributed by atoms with van der Waals surface area (Å²) in [5, 5.41) is 9.40. The van der Waals surface area contributed by atoms with Gasteiger partial charge in [0.15, 0.2) is 0 Å². The fraction of sp³-hybridized carbons (Fsp3) is 0.714. The van der Waals surface area contributed by atoms with E-state index >= 15 is 0 Å². The van der Waals surface area contributed by atoms with E-state index in [2.05, 4.69) is 38.8 Å². The van der Waals surface area contributed by atoms with Crippen molar-refractivity contribution in [2.24, 2.45) is 5.92 Å². The van der Waals surface area contributed by atoms with Gasteiger partial charge in [-0.25, -0.2) is 9.97 Å². The summed E-state index contributed by atoms with van der Waals surface area (Å²) in [5.41, 5.74) is 7.39. The van der Waals surface area contributed by atoms with E-state index < -0.39 is 0 Å². The van der Waals surface area contributed by atoms with E-state index in [4.69, 9.17) is 0 Å². The summed E-state index contributed by atoms with van der Waals surface area (Å²) in [6.45, 7) is 3.09. The average molecular weight is 277 g/mol. The predicted octanol–water partition coefficient (Wildman–Crippen LogP) is 0.265. The Morgan fingerprint density at radius 1 is 1.30 bits per heavy atom. The molecule has 6 nitrogen and oxygen atoms in total. The highest BCUT2D eigenvalue weighted by molar-refractivity contribution is 5.39. The number of nitrogens with zero attached hydrogens (tertiary/aromatic N) is 3. The zero-order valence-electron chi connectivity index (χ0n) is 11.9. The van der Waals surface area contributed by atoms with Crippen molar-refractivity contribution in [3.63, 3.8) is 0 Å². The number of aliphatic hydroxyl groups is 1. The summed E-state index contributed by atoms with van der Waals surface area (Å²) in [6, 6.07) is 2.07. The Bertz CT molecular complexity index is 443. The summed E-state index contributed by atoms with van der Waals surface area (Å²) in [6.07, 6.45) is 4.32. The molecular weight excluding hydrogens is 254 g/mol. The van der Waals surface area contributed by atoms with Gasteiger partial charge in [-0.15, -0.1) is 0 Å². The van der Waals surface area contributed by atoms with Crippen molar-refractivity contribution in [2.45, 2.75) is 31.3 Å². The molecule has 3 rings (SSSR count). The fourth-order valence-corrected chi connectivity index (χ4v) is 2.82. The summed E-state index contributed by atoms with van der Waals surface area (Å²) in [5.74, 6) is 2.08. The molecule has 1 aromatic heterocycles. The molecule has 2 fully saturated rings. The van der Waals surface area contributed by atoms with Crippen LogP contribution in [0.1, 0.15) is 30.9 Å². The first-order chi connectivity index (χ1) is 9.72. The molecule has 0 radical (unpaired) electrons. The third kappa shape index (κ3) is 3.08. The maximum Gasteiger partial charge on any atom is 0.131 e. The van der Waals surface area contributed by atoms with Crippen LogP contribution in [0.5, 0.6) is 0 Å². The van der Waals surface area contributed by atoms with Gasteiger partial charge in [0.2, 0.25) is 0 Å². The Hall–Kier alpha value is -1.24. The first-order valence-electron chi connectivity index (χ1n) is 7.39. The van der Waals surface area contributed by atoms with Crippen molar-refractivity contribution < 1.29 is 5.11 Å². The van der Waals surface area contributed by atoms with E-state index in [9.17, 15) is 5.11 Å². The van der Waals surface area contributed by atoms with E-state index in [1.807, 2.05) is 0 Å². The second-order valence-corrected chi connectivity index (χ2v) is 5.96. The number of aliphatic hydroxyl groups excluding tert-OH is 1. The average Bonchev–Trinajstić information content (AvgIpc) is 2.95. The van der Waals surface area contributed by atoms with Gasteiger partial charge in [-0.3, -0.25) is 10.9 Å². The van der Waals surface area contributed by atoms with E-state index in [0.717, 1.165) is 50.4 Å². The number of hydrogen-bond acceptors (Lipinski definition) is 6. The molecule has 6 heteroatoms. The minimum Gasteiger partial charge on any atom is -0.393 e. The topological polar surface area (TPSA) is 73.3 Å². The smallest absolute Gasteiger partial charge is 0.131 e. The van der Waals surface area contributed by atoms with Gasteiger partial charge < -0.3 is 10.0 Å². The molecule has 1 aliphatic carbocycles. The summed E-state index contributed by atoms with van der Waals surface area (Å²) in [4.78, 5) is 10.9. The Kier molecular flexibility index (Phi) is 4.14. The Labute approximate surface area is 119 Å². The molecule has 1 saturated carbocycles. The molecule has 0 amide bonds. The van der Waals surface area contributed by atoms with Crippen molar-refractivity contribution in [3.8, 4) is 0 Å². The highest BCUT2D eigenvalue weighted by Crippen LogP contribution is 2.36. The van der Waals surface area contributed by atoms with E-state index in [1.54, 1.807) is 6.33 Å². The highest BCUT2D eigenvalue weighted by atomic mass is 16.3. The molecule has 20 heavy (non-hydrogen) atoms. The van der Waals surface area contributed by atoms with Gasteiger partial charge in [-0.2, -0.15) is 0 Å². The molecular formula is C14H23N5O. The van der Waals surface area contributed by atoms with Crippen molar-refractivity contribution >= 4 is 5.82 Å². The molecule has 1 aliphatic heterocycles. The highest BCUT2D eigenvalue weighted by Gasteiger charge is 2.30. The summed E-state index contributed by atoms with van der Waals surface area (Å²) < 4.78 is 0. The monoisotopic (exact) mass is 277 g/mol. The largest absolute Gasteiger partial charge is 0.393 e. The molecule has 0 atom stereocenters. The minimum absolute atomic E-state index is 0.140. The van der Waals surface area contributed by atoms with Gasteiger partial charge in [0.25, 0.3) is 0 Å². The van der Waals surface area contributed by atoms with E-state index in [1.165, 1.54) is 0 Å². The lowest BCUT2D eigenvalue weighted by Gasteiger charge is -2.31. The Balaban J connectivity index is 1.56. The van der Waals surface area contributed by atoms with Gasteiger partial charge in [0.05, 0.1) is 6.10 Å². The third-order valence-electron chi connectivity index (χ3n) is 4.38. The van der Waals surface area contributed by atoms with E-state index in [0.29, 0.717) is 11.8 Å². The molecule has 0 bridgehead atoms. The number of rotatable bonds is 5. The molecule has 0 unspecified atom stereocenters. The Morgan fingerprint density at radius 2 is 2.05 bits per heavy atom. The third-order valence-corrected chi connectivity index (χ3v) is 4.38. The molecule has 1 aromatic rings. The van der Waals surface area contributed by atoms with Gasteiger partial charge in [-0.05, 0) is 25.2 Å². The first kappa shape index (κ1) is 13.7. The van der Waals surface area contributed by atoms with Gasteiger partial charge >= 0.3 is 0 Å². The van der Waals surface area contributed by atoms with Crippen molar-refractivity contribution in [1.29, 1.82) is 0 Å². The van der Waals surface area contributed by atoms with Crippen molar-refractivity contribution in [3.05, 3.63) is 18.1 Å². The van der Waals surface area contributed by atoms with Crippen LogP contribution >= 0.6 is 0 Å². The van der Waals surface area contributed by atoms with E-state index in [-0.39, 0.29) is 6.10 Å². The number of hydrazine groups is 1. The minimum atomic E-state index is -0.140. The normalized spacial score (nSPS) is 26.5. The van der Waals surface area contributed by atoms with Gasteiger partial charge in [0, 0.05) is 44.4 Å². The lowest BCUT2D eigenvalue weighted by Crippen LogP contribution is -2.28. The molecule has 110 valence electrons. The Morgan fingerprint density at radius 3 is 2.75 bits per heavy atom. The molecule has 1 saturated heterocycles. The van der Waals surface area contributed by atoms with Crippen molar-refractivity contribution in [2.75, 3.05) is 31.6 Å². The zero-order chi connectivity index (χ0) is 13.9. The van der Waals surface area contributed by atoms with Crippen LogP contribution in [0.15, 0.2) is 12.4 Å². The second kappa shape index (κ2) is 6.03. The zero-order valence-corrected chi connectivity index (χ0v) is 11.9. The SMILES string of the molecule is CN(CCC1CNNC1)c1cc(C2CC(O)C2)ncn1. The number of anilines is 1. The molecule has 3 N–H and O–H groups in total. The summed E-state index contributed by atoms with van der Waals surface area (Å²) >= 11 is 0. The number of aromatic nitrogens is 2. The van der Waals surface area contributed by atoms with Gasteiger partial charge in [0.1, 0.15) is 12.1 Å². The molecule has 2 heterocycles. The molecule has 0 spiro atoms. The first-order valence-corrected chi connectivity index (χ1v) is 7.39. The van der Waals surface area contributed by atoms with Crippen LogP contribution in [-0.4, -0.2) is 47.9 Å². The number of nitrogens with one attached hydrogen (secondary N) is 2. The fourth-order valence-electron chi connectivity index (χ4n) is 2.82. The number of hydrogen-bond donors (Lipinski definition) is 3. The van der Waals surface area contributed by atoms with Crippen molar-refractivity contribution in [1.82, 2.24) is 20.8 Å². The van der Waals surface area contributed by atoms with Crippen LogP contribution in [0.3, 0.4) is 0 Å². The van der Waals surface area contributed by atoms with Crippen LogP contribution < -0.4 is 15.8 Å². The molecule has 2 aliphatic rings. The van der Waals surface area contributed by atoms with Crippen LogP contribution in [0.4, 0.5) is 5.82 Å². The second-order valence-electron chi connectivity index (χ2n) is 5.96. The maximum atomic E-state index is 9.40. The quantitative estimate of drug-likeness (QED) is 0.717. The molecule has 0 aromatic carbocycles. The van der Waals surface area contributed by atoms with Crippen LogP contribution in [0, 0.1) is 5.92 Å². The van der Waals surface area contributed by atoms with Gasteiger partial charge in [-0.1, -0.05) is 0 Å². The van der Waals surface area contributed by atoms with Crippen LogP contribution in [0.25, 0.3) is 0 Å². The lowest BCUT2D eigenvalue weighted by molar-refractivity contribution is 0.0732. The standard InChI is InChI=1S/C14H23N5O/c1-19(3-2-10-7-17-18-8-10)14-6-13(15-9-16-14)11-4-12(20)5-11/h6,9-12,17-18,20H,2-5,7-8H2,1H3. The lowest BCUT2D eigenvalue weighted by atomic mass is 9.80. The maximum absolute atomic E-state index is 9.40. The van der Waals surface area contributed by atoms with Crippen LogP contribution in [0.2, 0.25) is 0 Å².